The minimum atomic E-state index is -1.81. The van der Waals surface area contributed by atoms with Crippen LogP contribution in [-0.2, 0) is 0 Å². The highest BCUT2D eigenvalue weighted by molar-refractivity contribution is 6.36. The van der Waals surface area contributed by atoms with Crippen LogP contribution in [0.25, 0.3) is 0 Å². The van der Waals surface area contributed by atoms with Gasteiger partial charge in [0, 0.05) is 0 Å². The maximum Gasteiger partial charge on any atom is 0.573 e. The molecule has 0 aromatic rings. The molecule has 4 nitrogen and oxygen atoms in total. The second-order valence-corrected chi connectivity index (χ2v) is 0.503. The zero-order chi connectivity index (χ0) is 4.28. The van der Waals surface area contributed by atoms with E-state index in [9.17, 15) is 0 Å². The van der Waals surface area contributed by atoms with Crippen LogP contribution in [0.3, 0.4) is 0 Å². The van der Waals surface area contributed by atoms with Crippen molar-refractivity contribution in [1.82, 2.24) is 5.39 Å². The van der Waals surface area contributed by atoms with Gasteiger partial charge in [-0.25, -0.2) is 0 Å². The first-order valence-electron chi connectivity index (χ1n) is 1.03. The van der Waals surface area contributed by atoms with E-state index in [4.69, 9.17) is 15.3 Å². The Morgan fingerprint density at radius 1 is 1.40 bits per heavy atom. The van der Waals surface area contributed by atoms with Gasteiger partial charge in [-0.3, -0.25) is 0 Å². The molecule has 0 unspecified atom stereocenters. The molecule has 0 radical (unpaired) electrons. The van der Waals surface area contributed by atoms with E-state index in [1.54, 1.807) is 0 Å². The SMILES string of the molecule is ONB(O)O. The van der Waals surface area contributed by atoms with Gasteiger partial charge in [-0.1, -0.05) is 0 Å². The Bertz CT molecular complexity index is 20.9. The van der Waals surface area contributed by atoms with Gasteiger partial charge >= 0.3 is 7.25 Å². The highest BCUT2D eigenvalue weighted by atomic mass is 16.5. The molecule has 0 aromatic heterocycles. The van der Waals surface area contributed by atoms with Gasteiger partial charge < -0.3 is 15.3 Å². The van der Waals surface area contributed by atoms with Gasteiger partial charge in [0.15, 0.2) is 0 Å². The number of hydrogen-bond acceptors (Lipinski definition) is 4. The Labute approximate surface area is 29.2 Å². The van der Waals surface area contributed by atoms with Crippen molar-refractivity contribution in [2.45, 2.75) is 0 Å². The molecule has 0 aromatic carbocycles. The molecule has 5 heteroatoms. The Balaban J connectivity index is 2.54. The normalized spacial score (nSPS) is 7.80. The molecule has 0 saturated heterocycles. The van der Waals surface area contributed by atoms with Crippen molar-refractivity contribution in [2.75, 3.05) is 0 Å². The largest absolute Gasteiger partial charge is 0.573 e. The van der Waals surface area contributed by atoms with Crippen molar-refractivity contribution < 1.29 is 15.3 Å². The Kier molecular flexibility index (Phi) is 2.12. The fourth-order valence-corrected chi connectivity index (χ4v) is 0. The fourth-order valence-electron chi connectivity index (χ4n) is 0. The zero-order valence-electron chi connectivity index (χ0n) is 2.42. The summed E-state index contributed by atoms with van der Waals surface area (Å²) in [4.78, 5) is 0. The van der Waals surface area contributed by atoms with Crippen molar-refractivity contribution in [1.29, 1.82) is 0 Å². The van der Waals surface area contributed by atoms with E-state index < -0.39 is 7.25 Å². The topological polar surface area (TPSA) is 72.7 Å². The average molecular weight is 76.8 g/mol. The molecule has 0 aliphatic rings. The summed E-state index contributed by atoms with van der Waals surface area (Å²) in [6.07, 6.45) is 0. The third kappa shape index (κ3) is 3.90. The Morgan fingerprint density at radius 2 is 1.60 bits per heavy atom. The molecular formula is H4BNO3. The molecule has 0 aliphatic carbocycles. The van der Waals surface area contributed by atoms with Gasteiger partial charge in [-0.05, 0) is 0 Å². The lowest BCUT2D eigenvalue weighted by Gasteiger charge is -1.84. The number of rotatable bonds is 1. The monoisotopic (exact) mass is 77.0 g/mol. The molecule has 0 amide bonds. The molecule has 0 spiro atoms. The summed E-state index contributed by atoms with van der Waals surface area (Å²) in [6.45, 7) is 0. The van der Waals surface area contributed by atoms with Crippen LogP contribution in [0.2, 0.25) is 0 Å². The molecule has 0 rings (SSSR count). The minimum absolute atomic E-state index is 1.14. The van der Waals surface area contributed by atoms with E-state index in [1.165, 1.54) is 0 Å². The lowest BCUT2D eigenvalue weighted by atomic mass is 10.2. The van der Waals surface area contributed by atoms with Crippen molar-refractivity contribution in [3.8, 4) is 0 Å². The number of nitrogens with one attached hydrogen (secondary N) is 1. The van der Waals surface area contributed by atoms with Crippen LogP contribution < -0.4 is 5.39 Å². The van der Waals surface area contributed by atoms with Crippen LogP contribution >= 0.6 is 0 Å². The van der Waals surface area contributed by atoms with Gasteiger partial charge in [0.1, 0.15) is 0 Å². The minimum Gasteiger partial charge on any atom is -0.412 e. The molecule has 0 atom stereocenters. The first kappa shape index (κ1) is 4.90. The molecule has 0 fully saturated rings. The van der Waals surface area contributed by atoms with Crippen LogP contribution in [0.4, 0.5) is 0 Å². The van der Waals surface area contributed by atoms with E-state index in [-0.39, 0.29) is 0 Å². The van der Waals surface area contributed by atoms with Gasteiger partial charge in [-0.15, -0.1) is 0 Å². The van der Waals surface area contributed by atoms with E-state index in [0.29, 0.717) is 0 Å². The van der Waals surface area contributed by atoms with Crippen molar-refractivity contribution in [3.05, 3.63) is 0 Å². The van der Waals surface area contributed by atoms with Gasteiger partial charge in [0.2, 0.25) is 0 Å². The van der Waals surface area contributed by atoms with Crippen LogP contribution in [0.1, 0.15) is 0 Å². The molecule has 0 saturated carbocycles. The van der Waals surface area contributed by atoms with Crippen LogP contribution in [0.15, 0.2) is 0 Å². The molecule has 30 valence electrons. The van der Waals surface area contributed by atoms with E-state index in [1.807, 2.05) is 0 Å². The maximum absolute atomic E-state index is 7.56. The predicted molar refractivity (Wildman–Crippen MR) is 15.1 cm³/mol. The van der Waals surface area contributed by atoms with Gasteiger partial charge in [0.25, 0.3) is 0 Å². The average Bonchev–Trinajstić information content (AvgIpc) is 1.38. The highest BCUT2D eigenvalue weighted by Crippen LogP contribution is 1.43. The summed E-state index contributed by atoms with van der Waals surface area (Å²) in [5, 5.41) is 23.6. The second-order valence-electron chi connectivity index (χ2n) is 0.503. The van der Waals surface area contributed by atoms with E-state index in [2.05, 4.69) is 0 Å². The fraction of sp³-hybridized carbons (Fsp3) is 0. The van der Waals surface area contributed by atoms with Crippen LogP contribution in [-0.4, -0.2) is 22.5 Å². The molecular weight excluding hydrogens is 72.8 g/mol. The zero-order valence-corrected chi connectivity index (χ0v) is 2.42. The summed E-state index contributed by atoms with van der Waals surface area (Å²) >= 11 is 0. The lowest BCUT2D eigenvalue weighted by Crippen LogP contribution is -2.30. The van der Waals surface area contributed by atoms with Crippen molar-refractivity contribution >= 4 is 7.25 Å². The van der Waals surface area contributed by atoms with E-state index in [0.717, 1.165) is 5.39 Å². The standard InChI is InChI=1S/BH4NO3/c3-1(4)2-5/h2-5H. The van der Waals surface area contributed by atoms with Gasteiger partial charge in [0.05, 0.1) is 0 Å². The van der Waals surface area contributed by atoms with Crippen molar-refractivity contribution in [3.63, 3.8) is 0 Å². The molecule has 0 aliphatic heterocycles. The molecule has 0 heterocycles. The predicted octanol–water partition coefficient (Wildman–Crippen LogP) is -2.07. The third-order valence-electron chi connectivity index (χ3n) is 0.115. The third-order valence-corrected chi connectivity index (χ3v) is 0.115. The summed E-state index contributed by atoms with van der Waals surface area (Å²) in [7, 11) is -1.81. The quantitative estimate of drug-likeness (QED) is 0.214. The maximum atomic E-state index is 7.56. The lowest BCUT2D eigenvalue weighted by molar-refractivity contribution is 0.188. The Hall–Kier alpha value is -0.0951. The summed E-state index contributed by atoms with van der Waals surface area (Å²) in [5.41, 5.74) is 0. The van der Waals surface area contributed by atoms with Crippen LogP contribution in [0.5, 0.6) is 0 Å². The molecule has 5 heavy (non-hydrogen) atoms. The van der Waals surface area contributed by atoms with Crippen molar-refractivity contribution in [2.24, 2.45) is 0 Å². The Morgan fingerprint density at radius 3 is 1.60 bits per heavy atom. The summed E-state index contributed by atoms with van der Waals surface area (Å²) < 4.78 is 0. The molecule has 0 bridgehead atoms. The van der Waals surface area contributed by atoms with Gasteiger partial charge in [-0.2, -0.15) is 5.39 Å². The first-order valence-corrected chi connectivity index (χ1v) is 1.03. The summed E-state index contributed by atoms with van der Waals surface area (Å²) in [6, 6.07) is 0. The second kappa shape index (κ2) is 2.16. The molecule has 4 N–H and O–H groups in total. The summed E-state index contributed by atoms with van der Waals surface area (Å²) in [5.74, 6) is 0. The van der Waals surface area contributed by atoms with Crippen LogP contribution in [0, 0.1) is 0 Å². The number of hydrogen-bond donors (Lipinski definition) is 4. The van der Waals surface area contributed by atoms with E-state index >= 15 is 0 Å². The first-order chi connectivity index (χ1) is 2.27. The highest BCUT2D eigenvalue weighted by Gasteiger charge is 1.98. The smallest absolute Gasteiger partial charge is 0.412 e.